The Kier molecular flexibility index (Phi) is 5.08. The van der Waals surface area contributed by atoms with E-state index >= 15 is 0 Å². The number of thiazole rings is 1. The lowest BCUT2D eigenvalue weighted by Crippen LogP contribution is -2.30. The van der Waals surface area contributed by atoms with E-state index in [0.717, 1.165) is 24.1 Å². The summed E-state index contributed by atoms with van der Waals surface area (Å²) in [4.78, 5) is 3.68. The second-order valence-electron chi connectivity index (χ2n) is 4.16. The SMILES string of the molecule is CCC1SCCSC1C(O)c1cnc(C(F)(F)F)s1. The number of thioether (sulfide) groups is 2. The van der Waals surface area contributed by atoms with Crippen LogP contribution in [-0.4, -0.2) is 32.1 Å². The largest absolute Gasteiger partial charge is 0.443 e. The van der Waals surface area contributed by atoms with Gasteiger partial charge in [0.15, 0.2) is 5.01 Å². The van der Waals surface area contributed by atoms with Gasteiger partial charge in [-0.25, -0.2) is 4.98 Å². The Morgan fingerprint density at radius 2 is 2.11 bits per heavy atom. The van der Waals surface area contributed by atoms with E-state index in [4.69, 9.17) is 0 Å². The number of aliphatic hydroxyl groups is 1. The first-order valence-corrected chi connectivity index (χ1v) is 8.79. The number of halogens is 3. The molecule has 0 aromatic carbocycles. The quantitative estimate of drug-likeness (QED) is 0.914. The summed E-state index contributed by atoms with van der Waals surface area (Å²) in [5, 5.41) is 9.64. The van der Waals surface area contributed by atoms with E-state index in [1.165, 1.54) is 0 Å². The Bertz CT molecular complexity index is 424. The molecule has 2 heterocycles. The van der Waals surface area contributed by atoms with Gasteiger partial charge < -0.3 is 5.11 Å². The summed E-state index contributed by atoms with van der Waals surface area (Å²) in [5.74, 6) is 1.96. The van der Waals surface area contributed by atoms with E-state index in [9.17, 15) is 18.3 Å². The summed E-state index contributed by atoms with van der Waals surface area (Å²) in [6.07, 6.45) is -3.23. The molecule has 1 aliphatic rings. The Hall–Kier alpha value is 0.0800. The van der Waals surface area contributed by atoms with Crippen LogP contribution in [0.15, 0.2) is 6.20 Å². The smallest absolute Gasteiger partial charge is 0.386 e. The molecular weight excluding hydrogens is 315 g/mol. The van der Waals surface area contributed by atoms with Crippen LogP contribution in [0.1, 0.15) is 29.3 Å². The summed E-state index contributed by atoms with van der Waals surface area (Å²) in [5.41, 5.74) is 0. The zero-order valence-corrected chi connectivity index (χ0v) is 12.6. The number of alkyl halides is 3. The van der Waals surface area contributed by atoms with Gasteiger partial charge >= 0.3 is 6.18 Å². The number of hydrogen-bond donors (Lipinski definition) is 1. The third-order valence-electron chi connectivity index (χ3n) is 2.86. The van der Waals surface area contributed by atoms with Crippen molar-refractivity contribution in [1.29, 1.82) is 0 Å². The van der Waals surface area contributed by atoms with Crippen molar-refractivity contribution < 1.29 is 18.3 Å². The first-order chi connectivity index (χ1) is 8.93. The van der Waals surface area contributed by atoms with Gasteiger partial charge in [0.05, 0.1) is 4.88 Å². The van der Waals surface area contributed by atoms with Crippen LogP contribution < -0.4 is 0 Å². The van der Waals surface area contributed by atoms with Crippen molar-refractivity contribution in [2.24, 2.45) is 0 Å². The minimum absolute atomic E-state index is 0.0507. The molecule has 8 heteroatoms. The third kappa shape index (κ3) is 3.59. The van der Waals surface area contributed by atoms with E-state index in [1.807, 2.05) is 6.92 Å². The zero-order chi connectivity index (χ0) is 14.0. The summed E-state index contributed by atoms with van der Waals surface area (Å²) < 4.78 is 37.5. The summed E-state index contributed by atoms with van der Waals surface area (Å²) in [6.45, 7) is 2.04. The summed E-state index contributed by atoms with van der Waals surface area (Å²) in [6, 6.07) is 0. The van der Waals surface area contributed by atoms with Gasteiger partial charge in [0.25, 0.3) is 0 Å². The van der Waals surface area contributed by atoms with Crippen molar-refractivity contribution in [2.45, 2.75) is 36.1 Å². The van der Waals surface area contributed by atoms with Crippen molar-refractivity contribution in [3.05, 3.63) is 16.1 Å². The van der Waals surface area contributed by atoms with E-state index in [-0.39, 0.29) is 10.5 Å². The van der Waals surface area contributed by atoms with Crippen molar-refractivity contribution >= 4 is 34.9 Å². The van der Waals surface area contributed by atoms with Crippen molar-refractivity contribution in [3.63, 3.8) is 0 Å². The Labute approximate surface area is 122 Å². The van der Waals surface area contributed by atoms with Crippen molar-refractivity contribution in [3.8, 4) is 0 Å². The van der Waals surface area contributed by atoms with E-state index in [1.54, 1.807) is 23.5 Å². The van der Waals surface area contributed by atoms with Crippen LogP contribution in [0.2, 0.25) is 0 Å². The topological polar surface area (TPSA) is 33.1 Å². The van der Waals surface area contributed by atoms with Gasteiger partial charge in [-0.3, -0.25) is 0 Å². The van der Waals surface area contributed by atoms with Crippen molar-refractivity contribution in [1.82, 2.24) is 4.98 Å². The molecule has 3 unspecified atom stereocenters. The fraction of sp³-hybridized carbons (Fsp3) is 0.727. The van der Waals surface area contributed by atoms with Crippen LogP contribution in [0.25, 0.3) is 0 Å². The second kappa shape index (κ2) is 6.24. The van der Waals surface area contributed by atoms with Gasteiger partial charge in [0.2, 0.25) is 0 Å². The lowest BCUT2D eigenvalue weighted by molar-refractivity contribution is -0.137. The normalized spacial score (nSPS) is 26.4. The average molecular weight is 329 g/mol. The van der Waals surface area contributed by atoms with E-state index in [2.05, 4.69) is 4.98 Å². The molecule has 1 aromatic heterocycles. The van der Waals surface area contributed by atoms with Crippen LogP contribution in [0.3, 0.4) is 0 Å². The van der Waals surface area contributed by atoms with Gasteiger partial charge in [0, 0.05) is 28.2 Å². The van der Waals surface area contributed by atoms with Crippen molar-refractivity contribution in [2.75, 3.05) is 11.5 Å². The third-order valence-corrected chi connectivity index (χ3v) is 7.31. The maximum absolute atomic E-state index is 12.5. The zero-order valence-electron chi connectivity index (χ0n) is 10.2. The number of hydrogen-bond acceptors (Lipinski definition) is 5. The second-order valence-corrected chi connectivity index (χ2v) is 7.86. The van der Waals surface area contributed by atoms with Gasteiger partial charge in [-0.1, -0.05) is 6.92 Å². The molecule has 0 bridgehead atoms. The molecule has 1 N–H and O–H groups in total. The highest BCUT2D eigenvalue weighted by atomic mass is 32.2. The molecule has 1 fully saturated rings. The standard InChI is InChI=1S/C11H14F3NOS3/c1-2-6-9(18-4-3-17-6)8(16)7-5-15-10(19-7)11(12,13)14/h5-6,8-9,16H,2-4H2,1H3. The van der Waals surface area contributed by atoms with Gasteiger partial charge in [-0.05, 0) is 6.42 Å². The Balaban J connectivity index is 2.14. The molecule has 3 atom stereocenters. The Morgan fingerprint density at radius 1 is 1.42 bits per heavy atom. The summed E-state index contributed by atoms with van der Waals surface area (Å²) >= 11 is 3.98. The maximum Gasteiger partial charge on any atom is 0.443 e. The number of rotatable bonds is 3. The lowest BCUT2D eigenvalue weighted by Gasteiger charge is -2.32. The molecule has 1 saturated heterocycles. The minimum Gasteiger partial charge on any atom is -0.386 e. The number of nitrogens with zero attached hydrogens (tertiary/aromatic N) is 1. The fourth-order valence-corrected chi connectivity index (χ4v) is 5.98. The first kappa shape index (κ1) is 15.5. The van der Waals surface area contributed by atoms with E-state index in [0.29, 0.717) is 16.2 Å². The molecule has 0 amide bonds. The maximum atomic E-state index is 12.5. The number of aliphatic hydroxyl groups excluding tert-OH is 1. The summed E-state index contributed by atoms with van der Waals surface area (Å²) in [7, 11) is 0. The molecule has 1 aliphatic heterocycles. The predicted octanol–water partition coefficient (Wildman–Crippen LogP) is 3.82. The molecule has 0 spiro atoms. The number of aromatic nitrogens is 1. The van der Waals surface area contributed by atoms with Crippen LogP contribution >= 0.6 is 34.9 Å². The minimum atomic E-state index is -4.43. The molecule has 19 heavy (non-hydrogen) atoms. The molecule has 0 aliphatic carbocycles. The van der Waals surface area contributed by atoms with E-state index < -0.39 is 17.3 Å². The predicted molar refractivity (Wildman–Crippen MR) is 74.9 cm³/mol. The molecule has 0 saturated carbocycles. The average Bonchev–Trinajstić information content (AvgIpc) is 2.87. The van der Waals surface area contributed by atoms with Gasteiger partial charge in [0.1, 0.15) is 6.10 Å². The molecule has 0 radical (unpaired) electrons. The highest BCUT2D eigenvalue weighted by Gasteiger charge is 2.37. The van der Waals surface area contributed by atoms with Crippen LogP contribution in [0, 0.1) is 0 Å². The molecule has 108 valence electrons. The Morgan fingerprint density at radius 3 is 2.68 bits per heavy atom. The molecule has 2 rings (SSSR count). The van der Waals surface area contributed by atoms with Gasteiger partial charge in [-0.2, -0.15) is 36.7 Å². The van der Waals surface area contributed by atoms with Crippen LogP contribution in [0.5, 0.6) is 0 Å². The highest BCUT2D eigenvalue weighted by molar-refractivity contribution is 8.07. The molecule has 2 nitrogen and oxygen atoms in total. The molecule has 1 aromatic rings. The first-order valence-electron chi connectivity index (χ1n) is 5.87. The van der Waals surface area contributed by atoms with Crippen LogP contribution in [-0.2, 0) is 6.18 Å². The molecular formula is C11H14F3NOS3. The highest BCUT2D eigenvalue weighted by Crippen LogP contribution is 2.42. The monoisotopic (exact) mass is 329 g/mol. The lowest BCUT2D eigenvalue weighted by atomic mass is 10.1. The fourth-order valence-electron chi connectivity index (χ4n) is 1.95. The van der Waals surface area contributed by atoms with Gasteiger partial charge in [-0.15, -0.1) is 11.3 Å². The van der Waals surface area contributed by atoms with Crippen LogP contribution in [0.4, 0.5) is 13.2 Å².